The maximum Gasteiger partial charge on any atom is 0.455 e. The first-order valence-corrected chi connectivity index (χ1v) is 6.06. The lowest BCUT2D eigenvalue weighted by molar-refractivity contribution is -0.283. The van der Waals surface area contributed by atoms with Gasteiger partial charge < -0.3 is 0 Å². The van der Waals surface area contributed by atoms with Gasteiger partial charge in [-0.15, -0.1) is 0 Å². The van der Waals surface area contributed by atoms with Gasteiger partial charge in [0.05, 0.1) is 0 Å². The molecule has 0 nitrogen and oxygen atoms in total. The van der Waals surface area contributed by atoms with Crippen molar-refractivity contribution >= 4 is 77.7 Å². The summed E-state index contributed by atoms with van der Waals surface area (Å²) in [5.41, 5.74) is 0. The number of hydrogen-bond donors (Lipinski definition) is 0. The van der Waals surface area contributed by atoms with Crippen molar-refractivity contribution < 1.29 is 22.0 Å². The Morgan fingerprint density at radius 1 is 0.929 bits per heavy atom. The van der Waals surface area contributed by atoms with Crippen molar-refractivity contribution in [1.29, 1.82) is 0 Å². The van der Waals surface area contributed by atoms with E-state index in [0.717, 1.165) is 22.6 Å². The predicted molar refractivity (Wildman–Crippen MR) is 60.0 cm³/mol. The van der Waals surface area contributed by atoms with Gasteiger partial charge in [-0.1, -0.05) is 55.1 Å². The molecule has 0 aliphatic rings. The average Bonchev–Trinajstić information content (AvgIpc) is 1.81. The van der Waals surface area contributed by atoms with Crippen molar-refractivity contribution in [1.82, 2.24) is 0 Å². The molecule has 0 spiro atoms. The van der Waals surface area contributed by atoms with Crippen LogP contribution >= 0.6 is 77.7 Å². The van der Waals surface area contributed by atoms with E-state index in [1.165, 1.54) is 0 Å². The van der Waals surface area contributed by atoms with Gasteiger partial charge in [-0.05, 0) is 22.6 Å². The number of halogens is 10. The smallest absolute Gasteiger partial charge is 0.194 e. The SMILES string of the molecule is FC(F)(F)C(F)(F)C(Br)(Br)C(Cl)(Cl)I. The van der Waals surface area contributed by atoms with Gasteiger partial charge in [0.2, 0.25) is 0 Å². The summed E-state index contributed by atoms with van der Waals surface area (Å²) in [5.74, 6) is -5.12. The fraction of sp³-hybridized carbons (Fsp3) is 1.00. The molecule has 14 heavy (non-hydrogen) atoms. The molecule has 0 aromatic rings. The normalized spacial score (nSPS) is 15.9. The maximum absolute atomic E-state index is 12.8. The molecule has 0 aromatic carbocycles. The third-order valence-electron chi connectivity index (χ3n) is 1.11. The van der Waals surface area contributed by atoms with Crippen LogP contribution in [0.5, 0.6) is 0 Å². The number of rotatable bonds is 2. The molecule has 10 heteroatoms. The minimum absolute atomic E-state index is 1.04. The summed E-state index contributed by atoms with van der Waals surface area (Å²) >= 11 is 15.7. The van der Waals surface area contributed by atoms with E-state index in [1.54, 1.807) is 0 Å². The lowest BCUT2D eigenvalue weighted by Gasteiger charge is -2.36. The highest BCUT2D eigenvalue weighted by Crippen LogP contribution is 2.61. The molecule has 0 fully saturated rings. The lowest BCUT2D eigenvalue weighted by atomic mass is 10.2. The second-order valence-electron chi connectivity index (χ2n) is 2.14. The Morgan fingerprint density at radius 2 is 1.21 bits per heavy atom. The summed E-state index contributed by atoms with van der Waals surface area (Å²) < 4.78 is 56.0. The molecule has 0 bridgehead atoms. The standard InChI is InChI=1S/C4Br2Cl2F5I/c5-1(6,3(7,8)14)2(9,10)4(11,12)13. The van der Waals surface area contributed by atoms with Crippen LogP contribution in [0.3, 0.4) is 0 Å². The van der Waals surface area contributed by atoms with E-state index in [-0.39, 0.29) is 0 Å². The summed E-state index contributed by atoms with van der Waals surface area (Å²) in [6.07, 6.45) is -5.76. The van der Waals surface area contributed by atoms with Crippen molar-refractivity contribution in [3.05, 3.63) is 0 Å². The van der Waals surface area contributed by atoms with E-state index in [4.69, 9.17) is 23.2 Å². The van der Waals surface area contributed by atoms with Gasteiger partial charge in [-0.2, -0.15) is 22.0 Å². The molecule has 0 aliphatic heterocycles. The molecule has 0 radical (unpaired) electrons. The summed E-state index contributed by atoms with van der Waals surface area (Å²) in [7, 11) is 0. The number of alkyl halides is 10. The highest BCUT2D eigenvalue weighted by Gasteiger charge is 2.74. The van der Waals surface area contributed by atoms with Crippen LogP contribution in [0.25, 0.3) is 0 Å². The Balaban J connectivity index is 5.30. The quantitative estimate of drug-likeness (QED) is 0.277. The minimum atomic E-state index is -5.76. The molecule has 0 aliphatic carbocycles. The molecular weight excluding hydrogens is 501 g/mol. The fourth-order valence-corrected chi connectivity index (χ4v) is 1.38. The molecule has 0 N–H and O–H groups in total. The second-order valence-corrected chi connectivity index (χ2v) is 9.81. The molecule has 0 unspecified atom stereocenters. The van der Waals surface area contributed by atoms with Crippen LogP contribution in [0, 0.1) is 0 Å². The third-order valence-corrected chi connectivity index (χ3v) is 7.06. The van der Waals surface area contributed by atoms with Crippen molar-refractivity contribution in [3.63, 3.8) is 0 Å². The van der Waals surface area contributed by atoms with Gasteiger partial charge in [-0.25, -0.2) is 0 Å². The Kier molecular flexibility index (Phi) is 4.89. The zero-order valence-electron chi connectivity index (χ0n) is 5.78. The summed E-state index contributed by atoms with van der Waals surface area (Å²) in [4.78, 5) is 0. The number of hydrogen-bond acceptors (Lipinski definition) is 0. The Hall–Kier alpha value is 1.92. The lowest BCUT2D eigenvalue weighted by Crippen LogP contribution is -2.55. The zero-order valence-corrected chi connectivity index (χ0v) is 12.6. The summed E-state index contributed by atoms with van der Waals surface area (Å²) in [6.45, 7) is 0. The first-order chi connectivity index (χ1) is 5.75. The molecule has 0 amide bonds. The fourth-order valence-electron chi connectivity index (χ4n) is 0.356. The van der Waals surface area contributed by atoms with E-state index in [0.29, 0.717) is 0 Å². The Labute approximate surface area is 116 Å². The van der Waals surface area contributed by atoms with E-state index in [1.807, 2.05) is 0 Å². The topological polar surface area (TPSA) is 0 Å². The van der Waals surface area contributed by atoms with E-state index >= 15 is 0 Å². The van der Waals surface area contributed by atoms with Gasteiger partial charge in [0.15, 0.2) is 5.57 Å². The van der Waals surface area contributed by atoms with Crippen LogP contribution in [0.1, 0.15) is 0 Å². The van der Waals surface area contributed by atoms with Crippen LogP contribution in [-0.2, 0) is 0 Å². The van der Waals surface area contributed by atoms with Crippen molar-refractivity contribution in [2.75, 3.05) is 0 Å². The van der Waals surface area contributed by atoms with Crippen LogP contribution in [0.15, 0.2) is 0 Å². The zero-order chi connectivity index (χ0) is 12.0. The highest BCUT2D eigenvalue weighted by molar-refractivity contribution is 14.1. The van der Waals surface area contributed by atoms with Gasteiger partial charge in [0, 0.05) is 0 Å². The van der Waals surface area contributed by atoms with Crippen LogP contribution in [-0.4, -0.2) is 17.7 Å². The van der Waals surface area contributed by atoms with E-state index < -0.39 is 17.7 Å². The van der Waals surface area contributed by atoms with Crippen molar-refractivity contribution in [2.45, 2.75) is 17.7 Å². The van der Waals surface area contributed by atoms with Crippen molar-refractivity contribution in [2.24, 2.45) is 0 Å². The third kappa shape index (κ3) is 2.78. The average molecular weight is 501 g/mol. The molecule has 0 saturated carbocycles. The largest absolute Gasteiger partial charge is 0.455 e. The molecule has 0 aromatic heterocycles. The minimum Gasteiger partial charge on any atom is -0.194 e. The van der Waals surface area contributed by atoms with Gasteiger partial charge >= 0.3 is 12.1 Å². The van der Waals surface area contributed by atoms with Gasteiger partial charge in [0.25, 0.3) is 0 Å². The van der Waals surface area contributed by atoms with E-state index in [9.17, 15) is 22.0 Å². The maximum atomic E-state index is 12.8. The van der Waals surface area contributed by atoms with Crippen LogP contribution in [0.4, 0.5) is 22.0 Å². The monoisotopic (exact) mass is 498 g/mol. The molecule has 0 rings (SSSR count). The highest BCUT2D eigenvalue weighted by atomic mass is 127. The molecular formula is C4Br2Cl2F5I. The predicted octanol–water partition coefficient (Wildman–Crippen LogP) is 5.24. The first-order valence-electron chi connectivity index (χ1n) is 2.64. The second kappa shape index (κ2) is 4.30. The molecule has 0 saturated heterocycles. The summed E-state index contributed by atoms with van der Waals surface area (Å²) in [6, 6.07) is 0. The molecule has 86 valence electrons. The first kappa shape index (κ1) is 15.9. The summed E-state index contributed by atoms with van der Waals surface area (Å²) in [5, 5.41) is 0. The van der Waals surface area contributed by atoms with Crippen LogP contribution < -0.4 is 0 Å². The molecule has 0 atom stereocenters. The molecule has 0 heterocycles. The Morgan fingerprint density at radius 3 is 1.29 bits per heavy atom. The van der Waals surface area contributed by atoms with Crippen molar-refractivity contribution in [3.8, 4) is 0 Å². The Bertz CT molecular complexity index is 199. The van der Waals surface area contributed by atoms with Gasteiger partial charge in [-0.3, -0.25) is 0 Å². The van der Waals surface area contributed by atoms with Crippen LogP contribution in [0.2, 0.25) is 0 Å². The van der Waals surface area contributed by atoms with E-state index in [2.05, 4.69) is 31.9 Å². The van der Waals surface area contributed by atoms with Gasteiger partial charge in [0.1, 0.15) is 0 Å².